The van der Waals surface area contributed by atoms with E-state index in [1.807, 2.05) is 0 Å². The quantitative estimate of drug-likeness (QED) is 0.783. The molecular formula is C14H8Cl4O2. The Morgan fingerprint density at radius 3 is 2.10 bits per heavy atom. The van der Waals surface area contributed by atoms with Gasteiger partial charge in [0.15, 0.2) is 0 Å². The first-order chi connectivity index (χ1) is 9.38. The molecule has 2 aromatic rings. The summed E-state index contributed by atoms with van der Waals surface area (Å²) in [5.74, 6) is -0.963. The van der Waals surface area contributed by atoms with Crippen molar-refractivity contribution in [2.75, 3.05) is 0 Å². The molecule has 0 aromatic heterocycles. The lowest BCUT2D eigenvalue weighted by Gasteiger charge is -2.12. The molecule has 0 radical (unpaired) electrons. The molecule has 2 nitrogen and oxygen atoms in total. The van der Waals surface area contributed by atoms with Crippen LogP contribution >= 0.6 is 46.4 Å². The van der Waals surface area contributed by atoms with Crippen molar-refractivity contribution in [3.05, 3.63) is 56.0 Å². The summed E-state index contributed by atoms with van der Waals surface area (Å²) in [6.45, 7) is 0. The van der Waals surface area contributed by atoms with Gasteiger partial charge in [-0.25, -0.2) is 0 Å². The van der Waals surface area contributed by atoms with Crippen LogP contribution in [0.1, 0.15) is 5.56 Å². The molecule has 0 bridgehead atoms. The fourth-order valence-electron chi connectivity index (χ4n) is 1.91. The topological polar surface area (TPSA) is 37.3 Å². The van der Waals surface area contributed by atoms with Crippen molar-refractivity contribution in [1.29, 1.82) is 0 Å². The number of hydrogen-bond acceptors (Lipinski definition) is 1. The van der Waals surface area contributed by atoms with Gasteiger partial charge in [0, 0.05) is 15.6 Å². The van der Waals surface area contributed by atoms with Gasteiger partial charge in [0.25, 0.3) is 0 Å². The first kappa shape index (κ1) is 15.5. The average molecular weight is 350 g/mol. The van der Waals surface area contributed by atoms with E-state index in [4.69, 9.17) is 51.5 Å². The summed E-state index contributed by atoms with van der Waals surface area (Å²) in [5.41, 5.74) is 1.71. The molecule has 0 heterocycles. The van der Waals surface area contributed by atoms with E-state index in [0.29, 0.717) is 36.8 Å². The second kappa shape index (κ2) is 6.23. The van der Waals surface area contributed by atoms with Crippen LogP contribution in [0.4, 0.5) is 0 Å². The van der Waals surface area contributed by atoms with Gasteiger partial charge in [0.05, 0.1) is 16.5 Å². The van der Waals surface area contributed by atoms with Crippen molar-refractivity contribution in [3.8, 4) is 11.1 Å². The van der Waals surface area contributed by atoms with Crippen LogP contribution < -0.4 is 0 Å². The Hall–Kier alpha value is -0.930. The highest BCUT2D eigenvalue weighted by Gasteiger charge is 2.16. The maximum Gasteiger partial charge on any atom is 0.307 e. The monoisotopic (exact) mass is 348 g/mol. The van der Waals surface area contributed by atoms with Gasteiger partial charge in [-0.1, -0.05) is 52.5 Å². The summed E-state index contributed by atoms with van der Waals surface area (Å²) >= 11 is 24.1. The Morgan fingerprint density at radius 2 is 1.55 bits per heavy atom. The predicted octanol–water partition coefficient (Wildman–Crippen LogP) is 5.59. The van der Waals surface area contributed by atoms with Crippen molar-refractivity contribution in [3.63, 3.8) is 0 Å². The summed E-state index contributed by atoms with van der Waals surface area (Å²) < 4.78 is 0. The highest BCUT2D eigenvalue weighted by Crippen LogP contribution is 2.39. The zero-order valence-corrected chi connectivity index (χ0v) is 13.0. The molecule has 0 aliphatic heterocycles. The molecule has 0 spiro atoms. The molecule has 2 aromatic carbocycles. The smallest absolute Gasteiger partial charge is 0.307 e. The molecule has 0 saturated heterocycles. The summed E-state index contributed by atoms with van der Waals surface area (Å²) in [5, 5.41) is 10.6. The molecule has 0 fully saturated rings. The van der Waals surface area contributed by atoms with E-state index in [2.05, 4.69) is 0 Å². The lowest BCUT2D eigenvalue weighted by atomic mass is 9.97. The number of carboxylic acids is 1. The molecule has 6 heteroatoms. The Kier molecular flexibility index (Phi) is 4.82. The van der Waals surface area contributed by atoms with Crippen LogP contribution in [0, 0.1) is 0 Å². The van der Waals surface area contributed by atoms with E-state index < -0.39 is 5.97 Å². The third-order valence-electron chi connectivity index (χ3n) is 2.69. The van der Waals surface area contributed by atoms with Crippen molar-refractivity contribution in [2.45, 2.75) is 6.42 Å². The molecule has 0 unspecified atom stereocenters. The van der Waals surface area contributed by atoms with E-state index in [9.17, 15) is 4.79 Å². The van der Waals surface area contributed by atoms with Gasteiger partial charge in [0.2, 0.25) is 0 Å². The molecule has 104 valence electrons. The summed E-state index contributed by atoms with van der Waals surface area (Å²) in [6.07, 6.45) is -0.175. The van der Waals surface area contributed by atoms with Crippen LogP contribution in [0.2, 0.25) is 20.1 Å². The molecule has 2 rings (SSSR count). The van der Waals surface area contributed by atoms with E-state index >= 15 is 0 Å². The number of carbonyl (C=O) groups is 1. The van der Waals surface area contributed by atoms with Gasteiger partial charge in [-0.05, 0) is 35.4 Å². The molecule has 0 amide bonds. The van der Waals surface area contributed by atoms with E-state index in [0.717, 1.165) is 0 Å². The molecule has 0 aliphatic rings. The van der Waals surface area contributed by atoms with Crippen LogP contribution in [0.15, 0.2) is 30.3 Å². The molecular weight excluding hydrogens is 342 g/mol. The minimum atomic E-state index is -0.963. The van der Waals surface area contributed by atoms with Crippen LogP contribution in [0.3, 0.4) is 0 Å². The Labute approximate surface area is 135 Å². The molecule has 1 N–H and O–H groups in total. The van der Waals surface area contributed by atoms with E-state index in [1.165, 1.54) is 0 Å². The van der Waals surface area contributed by atoms with Gasteiger partial charge in [-0.2, -0.15) is 0 Å². The zero-order valence-electron chi connectivity index (χ0n) is 9.96. The van der Waals surface area contributed by atoms with Gasteiger partial charge >= 0.3 is 5.97 Å². The standard InChI is InChI=1S/C14H8Cl4O2/c15-8-1-2-10(7(3-8)4-13(19)20)14-11(17)5-9(16)6-12(14)18/h1-3,5-6H,4H2,(H,19,20). The van der Waals surface area contributed by atoms with Crippen molar-refractivity contribution < 1.29 is 9.90 Å². The minimum absolute atomic E-state index is 0.175. The largest absolute Gasteiger partial charge is 0.481 e. The summed E-state index contributed by atoms with van der Waals surface area (Å²) in [7, 11) is 0. The number of hydrogen-bond donors (Lipinski definition) is 1. The van der Waals surface area contributed by atoms with Crippen LogP contribution in [0.25, 0.3) is 11.1 Å². The number of halogens is 4. The van der Waals surface area contributed by atoms with Crippen LogP contribution in [0.5, 0.6) is 0 Å². The van der Waals surface area contributed by atoms with Crippen molar-refractivity contribution in [1.82, 2.24) is 0 Å². The highest BCUT2D eigenvalue weighted by molar-refractivity contribution is 6.42. The normalized spacial score (nSPS) is 10.6. The Bertz CT molecular complexity index is 660. The zero-order chi connectivity index (χ0) is 14.9. The van der Waals surface area contributed by atoms with Gasteiger partial charge in [-0.15, -0.1) is 0 Å². The second-order valence-electron chi connectivity index (χ2n) is 4.12. The number of carboxylic acid groups (broad SMARTS) is 1. The number of benzene rings is 2. The van der Waals surface area contributed by atoms with Crippen molar-refractivity contribution in [2.24, 2.45) is 0 Å². The fourth-order valence-corrected chi connectivity index (χ4v) is 3.13. The molecule has 0 aliphatic carbocycles. The average Bonchev–Trinajstić information content (AvgIpc) is 2.29. The summed E-state index contributed by atoms with van der Waals surface area (Å²) in [6, 6.07) is 8.06. The maximum absolute atomic E-state index is 11.0. The number of aliphatic carboxylic acids is 1. The lowest BCUT2D eigenvalue weighted by Crippen LogP contribution is -2.02. The van der Waals surface area contributed by atoms with Crippen LogP contribution in [-0.2, 0) is 11.2 Å². The number of rotatable bonds is 3. The van der Waals surface area contributed by atoms with Gasteiger partial charge in [0.1, 0.15) is 0 Å². The predicted molar refractivity (Wildman–Crippen MR) is 83.3 cm³/mol. The van der Waals surface area contributed by atoms with Crippen molar-refractivity contribution >= 4 is 52.4 Å². The molecule has 20 heavy (non-hydrogen) atoms. The first-order valence-electron chi connectivity index (χ1n) is 5.53. The second-order valence-corrected chi connectivity index (χ2v) is 5.80. The first-order valence-corrected chi connectivity index (χ1v) is 7.05. The third kappa shape index (κ3) is 3.39. The summed E-state index contributed by atoms with van der Waals surface area (Å²) in [4.78, 5) is 11.0. The maximum atomic E-state index is 11.0. The lowest BCUT2D eigenvalue weighted by molar-refractivity contribution is -0.136. The Morgan fingerprint density at radius 1 is 0.950 bits per heavy atom. The van der Waals surface area contributed by atoms with E-state index in [-0.39, 0.29) is 6.42 Å². The fraction of sp³-hybridized carbons (Fsp3) is 0.0714. The molecule has 0 saturated carbocycles. The van der Waals surface area contributed by atoms with Crippen LogP contribution in [-0.4, -0.2) is 11.1 Å². The molecule has 0 atom stereocenters. The van der Waals surface area contributed by atoms with Gasteiger partial charge < -0.3 is 5.11 Å². The van der Waals surface area contributed by atoms with Gasteiger partial charge in [-0.3, -0.25) is 4.79 Å². The van der Waals surface area contributed by atoms with E-state index in [1.54, 1.807) is 30.3 Å². The highest BCUT2D eigenvalue weighted by atomic mass is 35.5. The minimum Gasteiger partial charge on any atom is -0.481 e. The Balaban J connectivity index is 2.66. The third-order valence-corrected chi connectivity index (χ3v) is 3.73. The SMILES string of the molecule is O=C(O)Cc1cc(Cl)ccc1-c1c(Cl)cc(Cl)cc1Cl.